The van der Waals surface area contributed by atoms with Crippen LogP contribution < -0.4 is 4.72 Å². The van der Waals surface area contributed by atoms with Crippen molar-refractivity contribution >= 4 is 10.0 Å². The lowest BCUT2D eigenvalue weighted by molar-refractivity contribution is 0.270. The van der Waals surface area contributed by atoms with E-state index in [1.807, 2.05) is 12.1 Å². The maximum Gasteiger partial charge on any atom is 0.240 e. The highest BCUT2D eigenvalue weighted by molar-refractivity contribution is 7.89. The average molecular weight is 283 g/mol. The molecule has 0 bridgehead atoms. The summed E-state index contributed by atoms with van der Waals surface area (Å²) in [5, 5.41) is 8.76. The smallest absolute Gasteiger partial charge is 0.240 e. The lowest BCUT2D eigenvalue weighted by atomic mass is 9.83. The minimum absolute atomic E-state index is 0.0917. The van der Waals surface area contributed by atoms with E-state index in [9.17, 15) is 8.42 Å². The number of aliphatic hydroxyl groups is 1. The maximum absolute atomic E-state index is 12.1. The molecule has 0 spiro atoms. The van der Waals surface area contributed by atoms with Gasteiger partial charge < -0.3 is 5.11 Å². The molecule has 0 radical (unpaired) electrons. The zero-order valence-electron chi connectivity index (χ0n) is 11.2. The molecular formula is C14H21NO3S. The summed E-state index contributed by atoms with van der Waals surface area (Å²) in [6.07, 6.45) is 3.32. The predicted octanol–water partition coefficient (Wildman–Crippen LogP) is 1.69. The summed E-state index contributed by atoms with van der Waals surface area (Å²) in [6, 6.07) is 6.99. The molecule has 1 aromatic carbocycles. The summed E-state index contributed by atoms with van der Waals surface area (Å²) < 4.78 is 27.0. The molecule has 0 amide bonds. The van der Waals surface area contributed by atoms with Crippen LogP contribution >= 0.6 is 0 Å². The maximum atomic E-state index is 12.1. The number of nitrogens with one attached hydrogen (secondary N) is 1. The van der Waals surface area contributed by atoms with Crippen LogP contribution in [0.25, 0.3) is 0 Å². The summed E-state index contributed by atoms with van der Waals surface area (Å²) in [7, 11) is -3.38. The molecular weight excluding hydrogens is 262 g/mol. The van der Waals surface area contributed by atoms with Crippen LogP contribution in [0.4, 0.5) is 0 Å². The molecule has 0 atom stereocenters. The molecule has 1 fully saturated rings. The number of aliphatic hydroxyl groups excluding tert-OH is 1. The predicted molar refractivity (Wildman–Crippen MR) is 74.4 cm³/mol. The molecule has 106 valence electrons. The number of rotatable bonds is 6. The molecule has 1 aliphatic carbocycles. The van der Waals surface area contributed by atoms with Crippen LogP contribution in [0.5, 0.6) is 0 Å². The Morgan fingerprint density at radius 3 is 2.42 bits per heavy atom. The van der Waals surface area contributed by atoms with Crippen LogP contribution in [-0.2, 0) is 16.4 Å². The van der Waals surface area contributed by atoms with E-state index in [-0.39, 0.29) is 12.6 Å². The van der Waals surface area contributed by atoms with Crippen molar-refractivity contribution in [2.75, 3.05) is 6.61 Å². The molecule has 2 rings (SSSR count). The van der Waals surface area contributed by atoms with E-state index >= 15 is 0 Å². The summed E-state index contributed by atoms with van der Waals surface area (Å²) >= 11 is 0. The fourth-order valence-corrected chi connectivity index (χ4v) is 3.67. The van der Waals surface area contributed by atoms with E-state index in [0.29, 0.717) is 17.2 Å². The third-order valence-corrected chi connectivity index (χ3v) is 5.09. The molecule has 0 heterocycles. The van der Waals surface area contributed by atoms with Gasteiger partial charge in [-0.3, -0.25) is 0 Å². The lowest BCUT2D eigenvalue weighted by Crippen LogP contribution is -2.43. The Labute approximate surface area is 114 Å². The van der Waals surface area contributed by atoms with Gasteiger partial charge in [0.2, 0.25) is 10.0 Å². The van der Waals surface area contributed by atoms with Crippen LogP contribution in [-0.4, -0.2) is 26.2 Å². The number of benzene rings is 1. The lowest BCUT2D eigenvalue weighted by Gasteiger charge is -2.32. The van der Waals surface area contributed by atoms with Crippen LogP contribution in [0.3, 0.4) is 0 Å². The van der Waals surface area contributed by atoms with E-state index in [4.69, 9.17) is 5.11 Å². The molecule has 19 heavy (non-hydrogen) atoms. The van der Waals surface area contributed by atoms with Gasteiger partial charge in [0.25, 0.3) is 0 Å². The Morgan fingerprint density at radius 1 is 1.26 bits per heavy atom. The largest absolute Gasteiger partial charge is 0.396 e. The number of aryl methyl sites for hydroxylation is 1. The molecule has 4 nitrogen and oxygen atoms in total. The highest BCUT2D eigenvalue weighted by Crippen LogP contribution is 2.27. The zero-order valence-corrected chi connectivity index (χ0v) is 12.0. The Kier molecular flexibility index (Phi) is 4.60. The van der Waals surface area contributed by atoms with Gasteiger partial charge in [-0.15, -0.1) is 0 Å². The van der Waals surface area contributed by atoms with E-state index in [2.05, 4.69) is 11.6 Å². The van der Waals surface area contributed by atoms with Crippen molar-refractivity contribution in [3.8, 4) is 0 Å². The van der Waals surface area contributed by atoms with Crippen molar-refractivity contribution in [1.82, 2.24) is 4.72 Å². The molecule has 1 aliphatic rings. The Hall–Kier alpha value is -0.910. The van der Waals surface area contributed by atoms with Crippen molar-refractivity contribution < 1.29 is 13.5 Å². The van der Waals surface area contributed by atoms with E-state index in [1.165, 1.54) is 0 Å². The first-order chi connectivity index (χ1) is 9.01. The molecule has 2 N–H and O–H groups in total. The first-order valence-corrected chi connectivity index (χ1v) is 8.21. The van der Waals surface area contributed by atoms with Gasteiger partial charge in [0.1, 0.15) is 0 Å². The third kappa shape index (κ3) is 3.78. The summed E-state index contributed by atoms with van der Waals surface area (Å²) in [5.41, 5.74) is 1.05. The van der Waals surface area contributed by atoms with Gasteiger partial charge in [-0.1, -0.05) is 19.1 Å². The second kappa shape index (κ2) is 6.03. The van der Waals surface area contributed by atoms with E-state index < -0.39 is 10.0 Å². The average Bonchev–Trinajstić information content (AvgIpc) is 2.35. The quantitative estimate of drug-likeness (QED) is 0.835. The highest BCUT2D eigenvalue weighted by atomic mass is 32.2. The van der Waals surface area contributed by atoms with E-state index in [0.717, 1.165) is 24.8 Å². The number of hydrogen-bond acceptors (Lipinski definition) is 3. The molecule has 0 saturated heterocycles. The molecule has 0 unspecified atom stereocenters. The van der Waals surface area contributed by atoms with Gasteiger partial charge in [-0.25, -0.2) is 13.1 Å². The van der Waals surface area contributed by atoms with Crippen molar-refractivity contribution in [3.63, 3.8) is 0 Å². The van der Waals surface area contributed by atoms with Crippen molar-refractivity contribution in [3.05, 3.63) is 29.8 Å². The zero-order chi connectivity index (χ0) is 13.9. The number of sulfonamides is 1. The first-order valence-electron chi connectivity index (χ1n) is 6.73. The molecule has 1 saturated carbocycles. The fraction of sp³-hybridized carbons (Fsp3) is 0.571. The van der Waals surface area contributed by atoms with Crippen molar-refractivity contribution in [2.45, 2.75) is 43.5 Å². The standard InChI is InChI=1S/C14H21NO3S/c1-11-9-13(10-11)15-19(17,18)14-6-4-12(5-7-14)3-2-8-16/h4-7,11,13,15-16H,2-3,8-10H2,1H3. The second-order valence-electron chi connectivity index (χ2n) is 5.37. The SMILES string of the molecule is CC1CC(NS(=O)(=O)c2ccc(CCCO)cc2)C1. The third-order valence-electron chi connectivity index (χ3n) is 3.55. The Balaban J connectivity index is 1.99. The topological polar surface area (TPSA) is 66.4 Å². The van der Waals surface area contributed by atoms with Gasteiger partial charge in [0.05, 0.1) is 4.90 Å². The van der Waals surface area contributed by atoms with Crippen molar-refractivity contribution in [1.29, 1.82) is 0 Å². The fourth-order valence-electron chi connectivity index (χ4n) is 2.40. The van der Waals surface area contributed by atoms with Gasteiger partial charge in [0.15, 0.2) is 0 Å². The van der Waals surface area contributed by atoms with E-state index in [1.54, 1.807) is 12.1 Å². The van der Waals surface area contributed by atoms with Crippen LogP contribution in [0.2, 0.25) is 0 Å². The Morgan fingerprint density at radius 2 is 1.89 bits per heavy atom. The molecule has 0 aliphatic heterocycles. The summed E-state index contributed by atoms with van der Waals surface area (Å²) in [6.45, 7) is 2.28. The van der Waals surface area contributed by atoms with Gasteiger partial charge in [-0.05, 0) is 49.3 Å². The minimum atomic E-state index is -3.38. The number of hydrogen-bond donors (Lipinski definition) is 2. The molecule has 0 aromatic heterocycles. The van der Waals surface area contributed by atoms with Crippen LogP contribution in [0.15, 0.2) is 29.2 Å². The minimum Gasteiger partial charge on any atom is -0.396 e. The highest BCUT2D eigenvalue weighted by Gasteiger charge is 2.29. The molecule has 5 heteroatoms. The van der Waals surface area contributed by atoms with Crippen molar-refractivity contribution in [2.24, 2.45) is 5.92 Å². The first kappa shape index (κ1) is 14.5. The Bertz CT molecular complexity index is 504. The van der Waals surface area contributed by atoms with Crippen LogP contribution in [0, 0.1) is 5.92 Å². The van der Waals surface area contributed by atoms with Gasteiger partial charge >= 0.3 is 0 Å². The summed E-state index contributed by atoms with van der Waals surface area (Å²) in [5.74, 6) is 0.619. The second-order valence-corrected chi connectivity index (χ2v) is 7.08. The monoisotopic (exact) mass is 283 g/mol. The normalized spacial score (nSPS) is 23.1. The molecule has 1 aromatic rings. The summed E-state index contributed by atoms with van der Waals surface area (Å²) in [4.78, 5) is 0.319. The van der Waals surface area contributed by atoms with Crippen LogP contribution in [0.1, 0.15) is 31.7 Å². The van der Waals surface area contributed by atoms with Gasteiger partial charge in [-0.2, -0.15) is 0 Å². The van der Waals surface area contributed by atoms with Gasteiger partial charge in [0, 0.05) is 12.6 Å².